The molecule has 0 spiro atoms. The highest BCUT2D eigenvalue weighted by Gasteiger charge is 2.23. The zero-order valence-electron chi connectivity index (χ0n) is 12.9. The van der Waals surface area contributed by atoms with Crippen molar-refractivity contribution in [2.45, 2.75) is 13.0 Å². The average molecular weight is 367 g/mol. The van der Waals surface area contributed by atoms with Crippen molar-refractivity contribution in [1.82, 2.24) is 0 Å². The number of nitrogens with zero attached hydrogens (tertiary/aromatic N) is 1. The number of rotatable bonds is 5. The molecule has 0 bridgehead atoms. The minimum atomic E-state index is -1.26. The van der Waals surface area contributed by atoms with Gasteiger partial charge in [-0.15, -0.1) is 0 Å². The van der Waals surface area contributed by atoms with Crippen LogP contribution in [0.3, 0.4) is 0 Å². The molecule has 0 radical (unpaired) electrons. The maximum Gasteiger partial charge on any atom is 0.340 e. The van der Waals surface area contributed by atoms with E-state index in [9.17, 15) is 24.1 Å². The molecule has 2 aromatic carbocycles. The normalized spacial score (nSPS) is 11.5. The van der Waals surface area contributed by atoms with Crippen LogP contribution in [0.25, 0.3) is 0 Å². The fourth-order valence-corrected chi connectivity index (χ4v) is 2.15. The Morgan fingerprint density at radius 3 is 2.60 bits per heavy atom. The van der Waals surface area contributed by atoms with Gasteiger partial charge < -0.3 is 10.1 Å². The van der Waals surface area contributed by atoms with E-state index >= 15 is 0 Å². The standard InChI is InChI=1S/C16H12ClFN2O5/c1-9(25-16(22)11-7-6-10(18)8-12(11)17)15(21)19-13-4-2-3-5-14(13)20(23)24/h2-9H,1H3,(H,19,21)/t9-/m0/s1. The predicted octanol–water partition coefficient (Wildman–Crippen LogP) is 3.57. The van der Waals surface area contributed by atoms with E-state index in [4.69, 9.17) is 16.3 Å². The topological polar surface area (TPSA) is 98.5 Å². The van der Waals surface area contributed by atoms with Gasteiger partial charge in [0.2, 0.25) is 0 Å². The maximum atomic E-state index is 13.0. The first-order chi connectivity index (χ1) is 11.8. The second-order valence-corrected chi connectivity index (χ2v) is 5.34. The molecule has 0 unspecified atom stereocenters. The first kappa shape index (κ1) is 18.3. The summed E-state index contributed by atoms with van der Waals surface area (Å²) < 4.78 is 18.0. The van der Waals surface area contributed by atoms with Gasteiger partial charge in [-0.05, 0) is 31.2 Å². The number of anilines is 1. The van der Waals surface area contributed by atoms with Gasteiger partial charge in [0.15, 0.2) is 6.10 Å². The highest BCUT2D eigenvalue weighted by atomic mass is 35.5. The molecule has 0 aliphatic heterocycles. The van der Waals surface area contributed by atoms with Gasteiger partial charge in [0, 0.05) is 6.07 Å². The molecule has 1 amide bonds. The first-order valence-electron chi connectivity index (χ1n) is 7.00. The Kier molecular flexibility index (Phi) is 5.66. The lowest BCUT2D eigenvalue weighted by Crippen LogP contribution is -2.30. The lowest BCUT2D eigenvalue weighted by atomic mass is 10.2. The van der Waals surface area contributed by atoms with E-state index in [1.165, 1.54) is 31.2 Å². The number of carbonyl (C=O) groups is 2. The Hall–Kier alpha value is -3.00. The van der Waals surface area contributed by atoms with Crippen molar-refractivity contribution in [1.29, 1.82) is 0 Å². The van der Waals surface area contributed by atoms with Gasteiger partial charge in [-0.2, -0.15) is 0 Å². The SMILES string of the molecule is C[C@H](OC(=O)c1ccc(F)cc1Cl)C(=O)Nc1ccccc1[N+](=O)[O-]. The van der Waals surface area contributed by atoms with Crippen LogP contribution >= 0.6 is 11.6 Å². The Bertz CT molecular complexity index is 843. The molecule has 2 aromatic rings. The number of nitro groups is 1. The smallest absolute Gasteiger partial charge is 0.340 e. The molecule has 0 fully saturated rings. The summed E-state index contributed by atoms with van der Waals surface area (Å²) in [6.45, 7) is 1.29. The van der Waals surface area contributed by atoms with Gasteiger partial charge in [-0.1, -0.05) is 23.7 Å². The molecule has 2 rings (SSSR count). The number of amides is 1. The molecule has 0 saturated carbocycles. The Balaban J connectivity index is 2.08. The molecule has 0 heterocycles. The van der Waals surface area contributed by atoms with Crippen molar-refractivity contribution >= 4 is 34.9 Å². The summed E-state index contributed by atoms with van der Waals surface area (Å²) in [6, 6.07) is 8.64. The van der Waals surface area contributed by atoms with Crippen LogP contribution in [0.2, 0.25) is 5.02 Å². The molecule has 1 N–H and O–H groups in total. The molecule has 0 saturated heterocycles. The number of benzene rings is 2. The Morgan fingerprint density at radius 2 is 1.96 bits per heavy atom. The third kappa shape index (κ3) is 4.51. The Labute approximate surface area is 146 Å². The second-order valence-electron chi connectivity index (χ2n) is 4.94. The second kappa shape index (κ2) is 7.71. The van der Waals surface area contributed by atoms with Crippen LogP contribution in [0.1, 0.15) is 17.3 Å². The van der Waals surface area contributed by atoms with E-state index in [-0.39, 0.29) is 22.0 Å². The highest BCUT2D eigenvalue weighted by molar-refractivity contribution is 6.33. The van der Waals surface area contributed by atoms with E-state index in [0.29, 0.717) is 0 Å². The molecular formula is C16H12ClFN2O5. The van der Waals surface area contributed by atoms with Crippen LogP contribution in [0.4, 0.5) is 15.8 Å². The van der Waals surface area contributed by atoms with Gasteiger partial charge in [-0.3, -0.25) is 14.9 Å². The molecule has 0 aliphatic carbocycles. The molecule has 1 atom stereocenters. The quantitative estimate of drug-likeness (QED) is 0.495. The zero-order chi connectivity index (χ0) is 18.6. The monoisotopic (exact) mass is 366 g/mol. The van der Waals surface area contributed by atoms with Gasteiger partial charge >= 0.3 is 5.97 Å². The number of para-hydroxylation sites is 2. The number of hydrogen-bond donors (Lipinski definition) is 1. The predicted molar refractivity (Wildman–Crippen MR) is 88.0 cm³/mol. The van der Waals surface area contributed by atoms with Crippen LogP contribution in [0, 0.1) is 15.9 Å². The van der Waals surface area contributed by atoms with E-state index in [1.54, 1.807) is 0 Å². The minimum Gasteiger partial charge on any atom is -0.449 e. The van der Waals surface area contributed by atoms with Crippen molar-refractivity contribution in [2.24, 2.45) is 0 Å². The van der Waals surface area contributed by atoms with Crippen molar-refractivity contribution in [2.75, 3.05) is 5.32 Å². The summed E-state index contributed by atoms with van der Waals surface area (Å²) in [4.78, 5) is 34.4. The van der Waals surface area contributed by atoms with Crippen molar-refractivity contribution in [3.63, 3.8) is 0 Å². The number of nitro benzene ring substituents is 1. The zero-order valence-corrected chi connectivity index (χ0v) is 13.6. The van der Waals surface area contributed by atoms with Crippen LogP contribution < -0.4 is 5.32 Å². The third-order valence-electron chi connectivity index (χ3n) is 3.16. The summed E-state index contributed by atoms with van der Waals surface area (Å²) in [5.41, 5.74) is -0.426. The number of carbonyl (C=O) groups excluding carboxylic acids is 2. The van der Waals surface area contributed by atoms with Crippen LogP contribution in [-0.4, -0.2) is 22.9 Å². The lowest BCUT2D eigenvalue weighted by Gasteiger charge is -2.14. The minimum absolute atomic E-state index is 0.0276. The molecule has 130 valence electrons. The first-order valence-corrected chi connectivity index (χ1v) is 7.37. The number of hydrogen-bond acceptors (Lipinski definition) is 5. The van der Waals surface area contributed by atoms with Gasteiger partial charge in [0.1, 0.15) is 11.5 Å². The summed E-state index contributed by atoms with van der Waals surface area (Å²) in [7, 11) is 0. The molecule has 9 heteroatoms. The van der Waals surface area contributed by atoms with Gasteiger partial charge in [0.05, 0.1) is 15.5 Å². The van der Waals surface area contributed by atoms with E-state index in [1.807, 2.05) is 0 Å². The summed E-state index contributed by atoms with van der Waals surface area (Å²) in [5, 5.41) is 13.1. The van der Waals surface area contributed by atoms with Crippen molar-refractivity contribution in [3.05, 3.63) is 69.0 Å². The maximum absolute atomic E-state index is 13.0. The molecular weight excluding hydrogens is 355 g/mol. The number of halogens is 2. The van der Waals surface area contributed by atoms with Crippen molar-refractivity contribution < 1.29 is 23.6 Å². The molecule has 25 heavy (non-hydrogen) atoms. The van der Waals surface area contributed by atoms with Gasteiger partial charge in [-0.25, -0.2) is 9.18 Å². The largest absolute Gasteiger partial charge is 0.449 e. The highest BCUT2D eigenvalue weighted by Crippen LogP contribution is 2.24. The average Bonchev–Trinajstić information content (AvgIpc) is 2.54. The number of ether oxygens (including phenoxy) is 1. The summed E-state index contributed by atoms with van der Waals surface area (Å²) in [6.07, 6.45) is -1.26. The third-order valence-corrected chi connectivity index (χ3v) is 3.48. The van der Waals surface area contributed by atoms with Crippen LogP contribution in [0.5, 0.6) is 0 Å². The summed E-state index contributed by atoms with van der Waals surface area (Å²) >= 11 is 5.76. The van der Waals surface area contributed by atoms with Crippen LogP contribution in [-0.2, 0) is 9.53 Å². The lowest BCUT2D eigenvalue weighted by molar-refractivity contribution is -0.383. The summed E-state index contributed by atoms with van der Waals surface area (Å²) in [5.74, 6) is -2.31. The van der Waals surface area contributed by atoms with E-state index < -0.39 is 28.7 Å². The number of nitrogens with one attached hydrogen (secondary N) is 1. The molecule has 0 aromatic heterocycles. The van der Waals surface area contributed by atoms with Gasteiger partial charge in [0.25, 0.3) is 11.6 Å². The fraction of sp³-hybridized carbons (Fsp3) is 0.125. The Morgan fingerprint density at radius 1 is 1.28 bits per heavy atom. The molecule has 0 aliphatic rings. The van der Waals surface area contributed by atoms with Crippen LogP contribution in [0.15, 0.2) is 42.5 Å². The fourth-order valence-electron chi connectivity index (χ4n) is 1.91. The van der Waals surface area contributed by atoms with E-state index in [0.717, 1.165) is 18.2 Å². The molecule has 7 nitrogen and oxygen atoms in total. The number of esters is 1. The van der Waals surface area contributed by atoms with Crippen molar-refractivity contribution in [3.8, 4) is 0 Å². The van der Waals surface area contributed by atoms with E-state index in [2.05, 4.69) is 5.32 Å².